The van der Waals surface area contributed by atoms with Crippen LogP contribution in [0.5, 0.6) is 0 Å². The van der Waals surface area contributed by atoms with Crippen molar-refractivity contribution in [2.45, 2.75) is 17.7 Å². The standard InChI is InChI=1S/C13H22N4O3S.ClH/c1-15-13(18)12-6-11(9-16(12)2)21(19,20)17-5-3-4-10(7-14)8-17;/h6,9-10H,3-5,7-8,14H2,1-2H3,(H,15,18);1H. The topological polar surface area (TPSA) is 97.4 Å². The van der Waals surface area contributed by atoms with Crippen LogP contribution >= 0.6 is 12.4 Å². The van der Waals surface area contributed by atoms with Crippen molar-refractivity contribution in [2.75, 3.05) is 26.7 Å². The third kappa shape index (κ3) is 3.62. The summed E-state index contributed by atoms with van der Waals surface area (Å²) in [6, 6.07) is 1.42. The summed E-state index contributed by atoms with van der Waals surface area (Å²) in [5.41, 5.74) is 5.98. The van der Waals surface area contributed by atoms with Crippen molar-refractivity contribution in [1.29, 1.82) is 0 Å². The van der Waals surface area contributed by atoms with Crippen LogP contribution in [0, 0.1) is 5.92 Å². The average molecular weight is 351 g/mol. The van der Waals surface area contributed by atoms with Gasteiger partial charge >= 0.3 is 0 Å². The lowest BCUT2D eigenvalue weighted by Gasteiger charge is -2.30. The highest BCUT2D eigenvalue weighted by atomic mass is 35.5. The van der Waals surface area contributed by atoms with Crippen molar-refractivity contribution in [2.24, 2.45) is 18.7 Å². The largest absolute Gasteiger partial charge is 0.354 e. The summed E-state index contributed by atoms with van der Waals surface area (Å²) in [5.74, 6) is -0.104. The molecule has 1 aliphatic heterocycles. The molecule has 0 radical (unpaired) electrons. The molecule has 1 unspecified atom stereocenters. The molecule has 0 aliphatic carbocycles. The number of carbonyl (C=O) groups is 1. The van der Waals surface area contributed by atoms with E-state index in [1.807, 2.05) is 0 Å². The van der Waals surface area contributed by atoms with E-state index >= 15 is 0 Å². The fourth-order valence-corrected chi connectivity index (χ4v) is 4.24. The van der Waals surface area contributed by atoms with Crippen LogP contribution in [0.3, 0.4) is 0 Å². The Morgan fingerprint density at radius 3 is 2.77 bits per heavy atom. The number of hydrogen-bond acceptors (Lipinski definition) is 4. The average Bonchev–Trinajstić information content (AvgIpc) is 2.89. The van der Waals surface area contributed by atoms with Crippen molar-refractivity contribution in [3.63, 3.8) is 0 Å². The number of hydrogen-bond donors (Lipinski definition) is 2. The van der Waals surface area contributed by atoms with Gasteiger partial charge in [0.1, 0.15) is 10.6 Å². The Balaban J connectivity index is 0.00000242. The summed E-state index contributed by atoms with van der Waals surface area (Å²) in [7, 11) is -0.402. The summed E-state index contributed by atoms with van der Waals surface area (Å²) in [4.78, 5) is 11.8. The van der Waals surface area contributed by atoms with Gasteiger partial charge in [0.25, 0.3) is 5.91 Å². The molecule has 0 spiro atoms. The van der Waals surface area contributed by atoms with Gasteiger partial charge in [-0.1, -0.05) is 0 Å². The van der Waals surface area contributed by atoms with Crippen LogP contribution in [-0.4, -0.2) is 49.9 Å². The molecule has 1 fully saturated rings. The molecule has 0 bridgehead atoms. The molecule has 1 aromatic rings. The number of aromatic nitrogens is 1. The molecule has 0 aromatic carbocycles. The zero-order valence-electron chi connectivity index (χ0n) is 12.8. The number of nitrogens with zero attached hydrogens (tertiary/aromatic N) is 2. The molecule has 2 heterocycles. The summed E-state index contributed by atoms with van der Waals surface area (Å²) in [6.07, 6.45) is 3.25. The Kier molecular flexibility index (Phi) is 6.42. The first-order valence-electron chi connectivity index (χ1n) is 6.98. The predicted molar refractivity (Wildman–Crippen MR) is 86.6 cm³/mol. The first-order chi connectivity index (χ1) is 9.90. The van der Waals surface area contributed by atoms with Crippen molar-refractivity contribution < 1.29 is 13.2 Å². The van der Waals surface area contributed by atoms with Crippen LogP contribution in [0.15, 0.2) is 17.2 Å². The van der Waals surface area contributed by atoms with Gasteiger partial charge in [-0.05, 0) is 31.4 Å². The Morgan fingerprint density at radius 1 is 1.50 bits per heavy atom. The lowest BCUT2D eigenvalue weighted by molar-refractivity contribution is 0.0955. The number of aryl methyl sites for hydroxylation is 1. The van der Waals surface area contributed by atoms with E-state index in [9.17, 15) is 13.2 Å². The van der Waals surface area contributed by atoms with Gasteiger partial charge in [-0.15, -0.1) is 12.4 Å². The minimum absolute atomic E-state index is 0. The summed E-state index contributed by atoms with van der Waals surface area (Å²) in [5, 5.41) is 2.50. The van der Waals surface area contributed by atoms with Crippen LogP contribution in [-0.2, 0) is 17.1 Å². The molecule has 1 aliphatic rings. The lowest BCUT2D eigenvalue weighted by Crippen LogP contribution is -2.41. The van der Waals surface area contributed by atoms with E-state index in [4.69, 9.17) is 5.73 Å². The highest BCUT2D eigenvalue weighted by Gasteiger charge is 2.31. The maximum absolute atomic E-state index is 12.7. The molecule has 3 N–H and O–H groups in total. The monoisotopic (exact) mass is 350 g/mol. The summed E-state index contributed by atoms with van der Waals surface area (Å²) in [6.45, 7) is 1.44. The van der Waals surface area contributed by atoms with Crippen molar-refractivity contribution in [3.05, 3.63) is 18.0 Å². The first-order valence-corrected chi connectivity index (χ1v) is 8.42. The molecular weight excluding hydrogens is 328 g/mol. The molecule has 126 valence electrons. The van der Waals surface area contributed by atoms with Gasteiger partial charge in [-0.2, -0.15) is 4.31 Å². The van der Waals surface area contributed by atoms with E-state index in [1.165, 1.54) is 28.2 Å². The minimum atomic E-state index is -3.57. The van der Waals surface area contributed by atoms with Gasteiger partial charge < -0.3 is 15.6 Å². The van der Waals surface area contributed by atoms with Gasteiger partial charge in [0.2, 0.25) is 10.0 Å². The van der Waals surface area contributed by atoms with Gasteiger partial charge in [-0.3, -0.25) is 4.79 Å². The zero-order valence-corrected chi connectivity index (χ0v) is 14.4. The third-order valence-corrected chi connectivity index (χ3v) is 5.72. The quantitative estimate of drug-likeness (QED) is 0.808. The number of halogens is 1. The van der Waals surface area contributed by atoms with Gasteiger partial charge in [-0.25, -0.2) is 8.42 Å². The van der Waals surface area contributed by atoms with Crippen LogP contribution in [0.1, 0.15) is 23.3 Å². The molecular formula is C13H23ClN4O3S. The molecule has 0 saturated carbocycles. The SMILES string of the molecule is CNC(=O)c1cc(S(=O)(=O)N2CCCC(CN)C2)cn1C.Cl. The van der Waals surface area contributed by atoms with Crippen LogP contribution in [0.2, 0.25) is 0 Å². The number of sulfonamides is 1. The van der Waals surface area contributed by atoms with Crippen LogP contribution < -0.4 is 11.1 Å². The molecule has 9 heteroatoms. The Morgan fingerprint density at radius 2 is 2.18 bits per heavy atom. The second kappa shape index (κ2) is 7.45. The Hall–Kier alpha value is -1.09. The van der Waals surface area contributed by atoms with Crippen LogP contribution in [0.4, 0.5) is 0 Å². The number of carbonyl (C=O) groups excluding carboxylic acids is 1. The highest BCUT2D eigenvalue weighted by molar-refractivity contribution is 7.89. The fourth-order valence-electron chi connectivity index (χ4n) is 2.62. The van der Waals surface area contributed by atoms with Gasteiger partial charge in [0, 0.05) is 33.4 Å². The van der Waals surface area contributed by atoms with E-state index < -0.39 is 10.0 Å². The third-order valence-electron chi connectivity index (χ3n) is 3.89. The molecule has 2 rings (SSSR count). The molecule has 7 nitrogen and oxygen atoms in total. The van der Waals surface area contributed by atoms with E-state index in [0.717, 1.165) is 12.8 Å². The molecule has 1 amide bonds. The van der Waals surface area contributed by atoms with Crippen molar-refractivity contribution in [1.82, 2.24) is 14.2 Å². The van der Waals surface area contributed by atoms with Gasteiger partial charge in [0.05, 0.1) is 0 Å². The second-order valence-corrected chi connectivity index (χ2v) is 7.30. The normalized spacial score (nSPS) is 19.5. The lowest BCUT2D eigenvalue weighted by atomic mass is 10.0. The predicted octanol–water partition coefficient (Wildman–Crippen LogP) is 0.166. The highest BCUT2D eigenvalue weighted by Crippen LogP contribution is 2.24. The first kappa shape index (κ1) is 19.0. The Bertz CT molecular complexity index is 629. The summed E-state index contributed by atoms with van der Waals surface area (Å²) < 4.78 is 28.3. The number of piperidine rings is 1. The minimum Gasteiger partial charge on any atom is -0.354 e. The molecule has 22 heavy (non-hydrogen) atoms. The van der Waals surface area contributed by atoms with Crippen molar-refractivity contribution >= 4 is 28.3 Å². The zero-order chi connectivity index (χ0) is 15.6. The maximum atomic E-state index is 12.7. The Labute approximate surface area is 137 Å². The molecule has 1 saturated heterocycles. The smallest absolute Gasteiger partial charge is 0.267 e. The number of nitrogens with one attached hydrogen (secondary N) is 1. The summed E-state index contributed by atoms with van der Waals surface area (Å²) >= 11 is 0. The fraction of sp³-hybridized carbons (Fsp3) is 0.615. The van der Waals surface area contributed by atoms with Gasteiger partial charge in [0.15, 0.2) is 0 Å². The number of amides is 1. The number of nitrogens with two attached hydrogens (primary N) is 1. The number of rotatable bonds is 4. The molecule has 1 aromatic heterocycles. The van der Waals surface area contributed by atoms with E-state index in [0.29, 0.717) is 25.3 Å². The second-order valence-electron chi connectivity index (χ2n) is 5.36. The molecule has 1 atom stereocenters. The van der Waals surface area contributed by atoms with Crippen LogP contribution in [0.25, 0.3) is 0 Å². The van der Waals surface area contributed by atoms with E-state index in [2.05, 4.69) is 5.32 Å². The van der Waals surface area contributed by atoms with E-state index in [1.54, 1.807) is 7.05 Å². The maximum Gasteiger partial charge on any atom is 0.267 e. The van der Waals surface area contributed by atoms with E-state index in [-0.39, 0.29) is 29.1 Å². The van der Waals surface area contributed by atoms with Crippen molar-refractivity contribution in [3.8, 4) is 0 Å².